The van der Waals surface area contributed by atoms with Crippen LogP contribution in [0.2, 0.25) is 0 Å². The lowest BCUT2D eigenvalue weighted by atomic mass is 10.1. The Morgan fingerprint density at radius 1 is 1.24 bits per heavy atom. The van der Waals surface area contributed by atoms with Crippen molar-refractivity contribution in [3.63, 3.8) is 0 Å². The van der Waals surface area contributed by atoms with Crippen LogP contribution >= 0.6 is 15.9 Å². The van der Waals surface area contributed by atoms with E-state index in [4.69, 9.17) is 5.73 Å². The van der Waals surface area contributed by atoms with E-state index in [-0.39, 0.29) is 5.82 Å². The summed E-state index contributed by atoms with van der Waals surface area (Å²) >= 11 is 3.34. The zero-order chi connectivity index (χ0) is 15.0. The highest BCUT2D eigenvalue weighted by Gasteiger charge is 2.16. The van der Waals surface area contributed by atoms with Gasteiger partial charge in [0.1, 0.15) is 11.5 Å². The van der Waals surface area contributed by atoms with E-state index in [9.17, 15) is 4.39 Å². The molecule has 0 aliphatic rings. The molecule has 1 heterocycles. The average Bonchev–Trinajstić information content (AvgIpc) is 2.91. The Hall–Kier alpha value is -2.28. The molecule has 0 radical (unpaired) electrons. The van der Waals surface area contributed by atoms with Gasteiger partial charge in [0.25, 0.3) is 0 Å². The van der Waals surface area contributed by atoms with Gasteiger partial charge >= 0.3 is 0 Å². The van der Waals surface area contributed by atoms with Gasteiger partial charge < -0.3 is 5.73 Å². The van der Waals surface area contributed by atoms with Crippen molar-refractivity contribution in [3.8, 4) is 17.1 Å². The van der Waals surface area contributed by atoms with Gasteiger partial charge in [0.05, 0.1) is 0 Å². The van der Waals surface area contributed by atoms with Crippen LogP contribution in [0, 0.1) is 12.7 Å². The van der Waals surface area contributed by atoms with Crippen LogP contribution in [-0.4, -0.2) is 20.2 Å². The number of benzene rings is 2. The van der Waals surface area contributed by atoms with Crippen molar-refractivity contribution in [3.05, 3.63) is 52.3 Å². The van der Waals surface area contributed by atoms with E-state index in [1.807, 2.05) is 6.07 Å². The summed E-state index contributed by atoms with van der Waals surface area (Å²) in [6.45, 7) is 1.81. The molecule has 0 saturated carbocycles. The summed E-state index contributed by atoms with van der Waals surface area (Å²) < 4.78 is 16.3. The summed E-state index contributed by atoms with van der Waals surface area (Å²) in [5, 5.41) is 11.5. The standard InChI is InChI=1S/C14H11BrFN5/c1-8-3-2-4-11(16)13(8)21-14(18-19-20-21)9-5-6-10(15)12(17)7-9/h2-7H,17H2,1H3. The Kier molecular flexibility index (Phi) is 3.42. The summed E-state index contributed by atoms with van der Waals surface area (Å²) in [4.78, 5) is 0. The van der Waals surface area contributed by atoms with Crippen LogP contribution in [0.1, 0.15) is 5.56 Å². The van der Waals surface area contributed by atoms with Crippen molar-refractivity contribution in [1.29, 1.82) is 0 Å². The van der Waals surface area contributed by atoms with E-state index in [1.54, 1.807) is 31.2 Å². The molecule has 0 spiro atoms. The van der Waals surface area contributed by atoms with E-state index < -0.39 is 0 Å². The first-order valence-corrected chi connectivity index (χ1v) is 6.96. The topological polar surface area (TPSA) is 69.6 Å². The molecule has 3 aromatic rings. The predicted octanol–water partition coefficient (Wildman–Crippen LogP) is 3.12. The maximum Gasteiger partial charge on any atom is 0.187 e. The molecule has 0 atom stereocenters. The fourth-order valence-corrected chi connectivity index (χ4v) is 2.34. The third kappa shape index (κ3) is 2.40. The van der Waals surface area contributed by atoms with Crippen LogP contribution in [0.25, 0.3) is 17.1 Å². The van der Waals surface area contributed by atoms with Crippen LogP contribution in [0.4, 0.5) is 10.1 Å². The van der Waals surface area contributed by atoms with E-state index in [0.29, 0.717) is 22.8 Å². The van der Waals surface area contributed by atoms with Crippen LogP contribution in [-0.2, 0) is 0 Å². The van der Waals surface area contributed by atoms with Gasteiger partial charge in [-0.3, -0.25) is 0 Å². The molecule has 0 unspecified atom stereocenters. The number of hydrogen-bond donors (Lipinski definition) is 1. The maximum atomic E-state index is 14.1. The van der Waals surface area contributed by atoms with Gasteiger partial charge in [-0.2, -0.15) is 4.68 Å². The minimum atomic E-state index is -0.381. The minimum absolute atomic E-state index is 0.332. The molecule has 0 saturated heterocycles. The van der Waals surface area contributed by atoms with Crippen molar-refractivity contribution in [2.75, 3.05) is 5.73 Å². The third-order valence-electron chi connectivity index (χ3n) is 3.12. The summed E-state index contributed by atoms with van der Waals surface area (Å²) in [5.74, 6) is 0.0519. The lowest BCUT2D eigenvalue weighted by Crippen LogP contribution is -2.05. The molecular formula is C14H11BrFN5. The number of hydrogen-bond acceptors (Lipinski definition) is 4. The molecule has 1 aromatic heterocycles. The second-order valence-electron chi connectivity index (χ2n) is 4.56. The Morgan fingerprint density at radius 2 is 2.05 bits per heavy atom. The number of nitrogens with zero attached hydrogens (tertiary/aromatic N) is 4. The van der Waals surface area contributed by atoms with Crippen LogP contribution in [0.3, 0.4) is 0 Å². The third-order valence-corrected chi connectivity index (χ3v) is 3.85. The summed E-state index contributed by atoms with van der Waals surface area (Å²) in [5.41, 5.74) is 8.23. The molecule has 0 aliphatic heterocycles. The molecule has 3 rings (SSSR count). The number of aromatic nitrogens is 4. The zero-order valence-electron chi connectivity index (χ0n) is 11.1. The van der Waals surface area contributed by atoms with Gasteiger partial charge in [-0.15, -0.1) is 5.10 Å². The number of aryl methyl sites for hydroxylation is 1. The van der Waals surface area contributed by atoms with Gasteiger partial charge in [-0.25, -0.2) is 4.39 Å². The highest BCUT2D eigenvalue weighted by Crippen LogP contribution is 2.28. The lowest BCUT2D eigenvalue weighted by molar-refractivity contribution is 0.606. The quantitative estimate of drug-likeness (QED) is 0.723. The molecule has 0 fully saturated rings. The van der Waals surface area contributed by atoms with Crippen LogP contribution in [0.15, 0.2) is 40.9 Å². The molecular weight excluding hydrogens is 337 g/mol. The van der Waals surface area contributed by atoms with Crippen LogP contribution in [0.5, 0.6) is 0 Å². The fraction of sp³-hybridized carbons (Fsp3) is 0.0714. The molecule has 0 amide bonds. The number of anilines is 1. The minimum Gasteiger partial charge on any atom is -0.398 e. The zero-order valence-corrected chi connectivity index (χ0v) is 12.7. The normalized spacial score (nSPS) is 10.8. The number of nitrogens with two attached hydrogens (primary N) is 1. The SMILES string of the molecule is Cc1cccc(F)c1-n1nnnc1-c1ccc(Br)c(N)c1. The number of para-hydroxylation sites is 1. The van der Waals surface area contributed by atoms with Crippen molar-refractivity contribution in [2.24, 2.45) is 0 Å². The second-order valence-corrected chi connectivity index (χ2v) is 5.41. The molecule has 2 N–H and O–H groups in total. The molecule has 5 nitrogen and oxygen atoms in total. The highest BCUT2D eigenvalue weighted by molar-refractivity contribution is 9.10. The molecule has 2 aromatic carbocycles. The predicted molar refractivity (Wildman–Crippen MR) is 81.4 cm³/mol. The average molecular weight is 348 g/mol. The van der Waals surface area contributed by atoms with Gasteiger partial charge in [0.2, 0.25) is 0 Å². The highest BCUT2D eigenvalue weighted by atomic mass is 79.9. The summed E-state index contributed by atoms with van der Waals surface area (Å²) in [7, 11) is 0. The lowest BCUT2D eigenvalue weighted by Gasteiger charge is -2.09. The van der Waals surface area contributed by atoms with Gasteiger partial charge in [0.15, 0.2) is 5.82 Å². The van der Waals surface area contributed by atoms with E-state index in [0.717, 1.165) is 10.0 Å². The van der Waals surface area contributed by atoms with Crippen molar-refractivity contribution in [2.45, 2.75) is 6.92 Å². The van der Waals surface area contributed by atoms with Crippen molar-refractivity contribution in [1.82, 2.24) is 20.2 Å². The number of tetrazole rings is 1. The number of nitrogen functional groups attached to an aromatic ring is 1. The van der Waals surface area contributed by atoms with Crippen molar-refractivity contribution < 1.29 is 4.39 Å². The maximum absolute atomic E-state index is 14.1. The van der Waals surface area contributed by atoms with Crippen molar-refractivity contribution >= 4 is 21.6 Å². The van der Waals surface area contributed by atoms with Gasteiger partial charge in [-0.05, 0) is 63.1 Å². The van der Waals surface area contributed by atoms with Gasteiger partial charge in [0, 0.05) is 15.7 Å². The first-order chi connectivity index (χ1) is 10.1. The first-order valence-electron chi connectivity index (χ1n) is 6.17. The Labute approximate surface area is 128 Å². The van der Waals surface area contributed by atoms with E-state index >= 15 is 0 Å². The molecule has 106 valence electrons. The molecule has 7 heteroatoms. The van der Waals surface area contributed by atoms with Gasteiger partial charge in [-0.1, -0.05) is 12.1 Å². The van der Waals surface area contributed by atoms with E-state index in [2.05, 4.69) is 31.5 Å². The molecule has 0 aliphatic carbocycles. The molecule has 0 bridgehead atoms. The largest absolute Gasteiger partial charge is 0.398 e. The van der Waals surface area contributed by atoms with Crippen LogP contribution < -0.4 is 5.73 Å². The Bertz CT molecular complexity index is 795. The summed E-state index contributed by atoms with van der Waals surface area (Å²) in [6, 6.07) is 10.2. The second kappa shape index (κ2) is 5.25. The fourth-order valence-electron chi connectivity index (χ4n) is 2.09. The number of halogens is 2. The molecule has 21 heavy (non-hydrogen) atoms. The Morgan fingerprint density at radius 3 is 2.76 bits per heavy atom. The first kappa shape index (κ1) is 13.7. The summed E-state index contributed by atoms with van der Waals surface area (Å²) in [6.07, 6.45) is 0. The Balaban J connectivity index is 2.20. The smallest absolute Gasteiger partial charge is 0.187 e. The van der Waals surface area contributed by atoms with E-state index in [1.165, 1.54) is 10.7 Å². The monoisotopic (exact) mass is 347 g/mol. The number of rotatable bonds is 2.